The van der Waals surface area contributed by atoms with Crippen LogP contribution in [0.25, 0.3) is 0 Å². The highest BCUT2D eigenvalue weighted by Gasteiger charge is 2.12. The van der Waals surface area contributed by atoms with Gasteiger partial charge in [0.25, 0.3) is 0 Å². The van der Waals surface area contributed by atoms with Crippen molar-refractivity contribution in [3.63, 3.8) is 0 Å². The first-order valence-electron chi connectivity index (χ1n) is 6.20. The van der Waals surface area contributed by atoms with Gasteiger partial charge >= 0.3 is 0 Å². The molecule has 0 atom stereocenters. The van der Waals surface area contributed by atoms with Crippen molar-refractivity contribution in [3.8, 4) is 0 Å². The van der Waals surface area contributed by atoms with E-state index in [1.54, 1.807) is 5.57 Å². The molecule has 0 aromatic carbocycles. The Morgan fingerprint density at radius 3 is 2.87 bits per heavy atom. The summed E-state index contributed by atoms with van der Waals surface area (Å²) in [6, 6.07) is 0. The van der Waals surface area contributed by atoms with E-state index in [0.29, 0.717) is 0 Å². The summed E-state index contributed by atoms with van der Waals surface area (Å²) in [5.41, 5.74) is 4.48. The fourth-order valence-corrected chi connectivity index (χ4v) is 2.28. The lowest BCUT2D eigenvalue weighted by Crippen LogP contribution is -1.88. The molecule has 2 aliphatic carbocycles. The fraction of sp³-hybridized carbons (Fsp3) is 0.467. The van der Waals surface area contributed by atoms with Crippen LogP contribution in [-0.2, 0) is 0 Å². The molecule has 0 nitrogen and oxygen atoms in total. The maximum Gasteiger partial charge on any atom is -0.0157 e. The van der Waals surface area contributed by atoms with Crippen LogP contribution in [0.4, 0.5) is 0 Å². The third-order valence-corrected chi connectivity index (χ3v) is 3.18. The van der Waals surface area contributed by atoms with Crippen LogP contribution < -0.4 is 0 Å². The van der Waals surface area contributed by atoms with Gasteiger partial charge in [0.1, 0.15) is 0 Å². The number of allylic oxidation sites excluding steroid dienone is 8. The molecule has 2 rings (SSSR count). The molecule has 0 bridgehead atoms. The molecule has 0 aromatic heterocycles. The maximum absolute atomic E-state index is 2.32. The number of fused-ring (bicyclic) bond motifs is 1. The van der Waals surface area contributed by atoms with E-state index in [-0.39, 0.29) is 0 Å². The Bertz CT molecular complexity index is 337. The monoisotopic (exact) mass is 200 g/mol. The molecule has 0 heterocycles. The van der Waals surface area contributed by atoms with Crippen molar-refractivity contribution < 1.29 is 0 Å². The van der Waals surface area contributed by atoms with Crippen LogP contribution >= 0.6 is 0 Å². The lowest BCUT2D eigenvalue weighted by Gasteiger charge is -2.07. The predicted octanol–water partition coefficient (Wildman–Crippen LogP) is 4.71. The van der Waals surface area contributed by atoms with Gasteiger partial charge in [-0.1, -0.05) is 56.6 Å². The zero-order valence-corrected chi connectivity index (χ0v) is 9.63. The minimum Gasteiger partial charge on any atom is -0.0801 e. The van der Waals surface area contributed by atoms with Crippen molar-refractivity contribution in [2.45, 2.75) is 45.4 Å². The summed E-state index contributed by atoms with van der Waals surface area (Å²) in [6.45, 7) is 2.27. The van der Waals surface area contributed by atoms with Gasteiger partial charge in [-0.15, -0.1) is 0 Å². The van der Waals surface area contributed by atoms with E-state index >= 15 is 0 Å². The standard InChI is InChI=1S/C15H20/c1-2-3-4-5-8-13-11-12-14-9-6-7-10-15(13)14/h7,9-12H,2-6,8H2,1H3. The van der Waals surface area contributed by atoms with Gasteiger partial charge in [-0.2, -0.15) is 0 Å². The molecular weight excluding hydrogens is 180 g/mol. The summed E-state index contributed by atoms with van der Waals surface area (Å²) in [5.74, 6) is 0. The molecule has 2 aliphatic rings. The number of rotatable bonds is 5. The average molecular weight is 200 g/mol. The third-order valence-electron chi connectivity index (χ3n) is 3.18. The molecule has 0 spiro atoms. The molecule has 0 aromatic rings. The second-order valence-electron chi connectivity index (χ2n) is 4.38. The van der Waals surface area contributed by atoms with Gasteiger partial charge in [-0.05, 0) is 36.0 Å². The summed E-state index contributed by atoms with van der Waals surface area (Å²) >= 11 is 0. The molecule has 0 N–H and O–H groups in total. The number of hydrogen-bond acceptors (Lipinski definition) is 0. The Kier molecular flexibility index (Phi) is 3.60. The van der Waals surface area contributed by atoms with Crippen LogP contribution in [0.2, 0.25) is 0 Å². The summed E-state index contributed by atoms with van der Waals surface area (Å²) in [4.78, 5) is 0. The van der Waals surface area contributed by atoms with Gasteiger partial charge in [0.15, 0.2) is 0 Å². The molecule has 0 radical (unpaired) electrons. The maximum atomic E-state index is 2.32. The molecule has 0 amide bonds. The molecule has 15 heavy (non-hydrogen) atoms. The van der Waals surface area contributed by atoms with Gasteiger partial charge in [0.2, 0.25) is 0 Å². The van der Waals surface area contributed by atoms with Crippen LogP contribution in [0.5, 0.6) is 0 Å². The third kappa shape index (κ3) is 2.50. The Morgan fingerprint density at radius 1 is 1.07 bits per heavy atom. The fourth-order valence-electron chi connectivity index (χ4n) is 2.28. The van der Waals surface area contributed by atoms with Crippen molar-refractivity contribution >= 4 is 0 Å². The van der Waals surface area contributed by atoms with Gasteiger partial charge in [-0.25, -0.2) is 0 Å². The van der Waals surface area contributed by atoms with E-state index in [1.165, 1.54) is 43.3 Å². The van der Waals surface area contributed by atoms with Crippen LogP contribution in [0.15, 0.2) is 47.1 Å². The van der Waals surface area contributed by atoms with Crippen LogP contribution in [0, 0.1) is 0 Å². The first-order chi connectivity index (χ1) is 7.42. The van der Waals surface area contributed by atoms with Crippen molar-refractivity contribution in [1.82, 2.24) is 0 Å². The molecule has 0 saturated carbocycles. The smallest absolute Gasteiger partial charge is 0.0157 e. The SMILES string of the molecule is CCCCCCC1=C2C=CCC=C2C=C1. The summed E-state index contributed by atoms with van der Waals surface area (Å²) in [6.07, 6.45) is 19.3. The topological polar surface area (TPSA) is 0 Å². The van der Waals surface area contributed by atoms with Gasteiger partial charge in [0.05, 0.1) is 0 Å². The highest BCUT2D eigenvalue weighted by Crippen LogP contribution is 2.31. The van der Waals surface area contributed by atoms with E-state index in [1.807, 2.05) is 0 Å². The molecule has 0 fully saturated rings. The van der Waals surface area contributed by atoms with Crippen LogP contribution in [-0.4, -0.2) is 0 Å². The van der Waals surface area contributed by atoms with E-state index in [0.717, 1.165) is 6.42 Å². The lowest BCUT2D eigenvalue weighted by atomic mass is 9.97. The Morgan fingerprint density at radius 2 is 2.00 bits per heavy atom. The normalized spacial score (nSPS) is 18.3. The van der Waals surface area contributed by atoms with E-state index in [2.05, 4.69) is 37.3 Å². The van der Waals surface area contributed by atoms with Crippen LogP contribution in [0.1, 0.15) is 45.4 Å². The zero-order chi connectivity index (χ0) is 10.5. The molecule has 0 unspecified atom stereocenters. The van der Waals surface area contributed by atoms with E-state index in [9.17, 15) is 0 Å². The summed E-state index contributed by atoms with van der Waals surface area (Å²) < 4.78 is 0. The lowest BCUT2D eigenvalue weighted by molar-refractivity contribution is 0.668. The Hall–Kier alpha value is -1.04. The number of hydrogen-bond donors (Lipinski definition) is 0. The molecule has 80 valence electrons. The Balaban J connectivity index is 1.92. The van der Waals surface area contributed by atoms with Gasteiger partial charge in [-0.3, -0.25) is 0 Å². The first kappa shape index (κ1) is 10.5. The Labute approximate surface area is 93.1 Å². The van der Waals surface area contributed by atoms with Crippen LogP contribution in [0.3, 0.4) is 0 Å². The van der Waals surface area contributed by atoms with Gasteiger partial charge < -0.3 is 0 Å². The molecule has 0 saturated heterocycles. The minimum atomic E-state index is 1.10. The number of unbranched alkanes of at least 4 members (excludes halogenated alkanes) is 3. The van der Waals surface area contributed by atoms with Crippen molar-refractivity contribution in [1.29, 1.82) is 0 Å². The first-order valence-corrected chi connectivity index (χ1v) is 6.20. The highest BCUT2D eigenvalue weighted by molar-refractivity contribution is 5.59. The molecule has 0 aliphatic heterocycles. The highest BCUT2D eigenvalue weighted by atomic mass is 14.2. The second kappa shape index (κ2) is 5.16. The summed E-state index contributed by atoms with van der Waals surface area (Å²) in [7, 11) is 0. The van der Waals surface area contributed by atoms with Crippen molar-refractivity contribution in [2.24, 2.45) is 0 Å². The zero-order valence-electron chi connectivity index (χ0n) is 9.63. The quantitative estimate of drug-likeness (QED) is 0.564. The molecule has 0 heteroatoms. The largest absolute Gasteiger partial charge is 0.0801 e. The second-order valence-corrected chi connectivity index (χ2v) is 4.38. The summed E-state index contributed by atoms with van der Waals surface area (Å²) in [5, 5.41) is 0. The molecular formula is C15H20. The predicted molar refractivity (Wildman–Crippen MR) is 66.8 cm³/mol. The van der Waals surface area contributed by atoms with Crippen molar-refractivity contribution in [3.05, 3.63) is 47.1 Å². The van der Waals surface area contributed by atoms with E-state index < -0.39 is 0 Å². The van der Waals surface area contributed by atoms with Gasteiger partial charge in [0, 0.05) is 0 Å². The minimum absolute atomic E-state index is 1.10. The van der Waals surface area contributed by atoms with E-state index in [4.69, 9.17) is 0 Å². The van der Waals surface area contributed by atoms with Crippen molar-refractivity contribution in [2.75, 3.05) is 0 Å². The average Bonchev–Trinajstić information content (AvgIpc) is 2.68.